The number of hydrogen-bond donors (Lipinski definition) is 2. The summed E-state index contributed by atoms with van der Waals surface area (Å²) in [5.41, 5.74) is 7.02. The van der Waals surface area contributed by atoms with Crippen LogP contribution in [0.15, 0.2) is 35.7 Å². The van der Waals surface area contributed by atoms with Crippen LogP contribution in [-0.2, 0) is 22.2 Å². The topological polar surface area (TPSA) is 80.1 Å². The number of nitrogens with zero attached hydrogens (tertiary/aromatic N) is 1. The molecule has 1 amide bonds. The highest BCUT2D eigenvalue weighted by molar-refractivity contribution is 5.68. The summed E-state index contributed by atoms with van der Waals surface area (Å²) in [7, 11) is 1.81. The Hall–Kier alpha value is -2.42. The number of alkyl carbamates (subject to hydrolysis) is 1. The van der Waals surface area contributed by atoms with E-state index in [0.29, 0.717) is 37.3 Å². The van der Waals surface area contributed by atoms with Crippen LogP contribution >= 0.6 is 0 Å². The fraction of sp³-hybridized carbons (Fsp3) is 0.550. The van der Waals surface area contributed by atoms with Crippen LogP contribution in [0.4, 0.5) is 18.0 Å². The van der Waals surface area contributed by atoms with Crippen molar-refractivity contribution in [3.8, 4) is 0 Å². The Morgan fingerprint density at radius 2 is 2.00 bits per heavy atom. The maximum atomic E-state index is 12.8. The van der Waals surface area contributed by atoms with E-state index in [-0.39, 0.29) is 6.04 Å². The molecule has 1 heterocycles. The standard InChI is InChI=1S/C20H26F3N3O3/c1-12(2)25-18(27)29-15-8-9-19(11-28-19)17(16(15)24)26(3)10-13-4-6-14(7-5-13)20(21,22)23/h4-7,12,15H,8-11,24H2,1-3H3,(H,25,27)/t15-,19+/m1/s1. The van der Waals surface area contributed by atoms with Gasteiger partial charge in [0, 0.05) is 19.6 Å². The Bertz CT molecular complexity index is 786. The van der Waals surface area contributed by atoms with E-state index >= 15 is 0 Å². The molecule has 1 saturated heterocycles. The minimum Gasteiger partial charge on any atom is -0.440 e. The number of epoxide rings is 1. The molecule has 1 aromatic rings. The second-order valence-electron chi connectivity index (χ2n) is 7.87. The van der Waals surface area contributed by atoms with Crippen LogP contribution in [0.5, 0.6) is 0 Å². The fourth-order valence-corrected chi connectivity index (χ4v) is 3.66. The van der Waals surface area contributed by atoms with E-state index in [4.69, 9.17) is 15.2 Å². The molecule has 3 N–H and O–H groups in total. The molecule has 29 heavy (non-hydrogen) atoms. The molecule has 3 rings (SSSR count). The smallest absolute Gasteiger partial charge is 0.416 e. The molecule has 0 bridgehead atoms. The van der Waals surface area contributed by atoms with Gasteiger partial charge in [-0.2, -0.15) is 13.2 Å². The first-order chi connectivity index (χ1) is 13.5. The van der Waals surface area contributed by atoms with Crippen LogP contribution in [0, 0.1) is 0 Å². The van der Waals surface area contributed by atoms with Crippen molar-refractivity contribution in [1.82, 2.24) is 10.2 Å². The lowest BCUT2D eigenvalue weighted by Crippen LogP contribution is -2.43. The first-order valence-corrected chi connectivity index (χ1v) is 9.50. The third-order valence-corrected chi connectivity index (χ3v) is 5.09. The van der Waals surface area contributed by atoms with Crippen molar-refractivity contribution in [1.29, 1.82) is 0 Å². The second kappa shape index (κ2) is 7.78. The molecule has 1 fully saturated rings. The van der Waals surface area contributed by atoms with Crippen molar-refractivity contribution < 1.29 is 27.4 Å². The summed E-state index contributed by atoms with van der Waals surface area (Å²) in [5.74, 6) is 0. The van der Waals surface area contributed by atoms with Gasteiger partial charge in [0.15, 0.2) is 0 Å². The largest absolute Gasteiger partial charge is 0.440 e. The molecular formula is C20H26F3N3O3. The van der Waals surface area contributed by atoms with Crippen molar-refractivity contribution in [2.45, 2.75) is 57.2 Å². The maximum absolute atomic E-state index is 12.8. The number of amides is 1. The first kappa shape index (κ1) is 21.3. The Balaban J connectivity index is 1.76. The highest BCUT2D eigenvalue weighted by atomic mass is 19.4. The number of nitrogens with one attached hydrogen (secondary N) is 1. The molecule has 0 radical (unpaired) electrons. The molecule has 0 aromatic heterocycles. The Morgan fingerprint density at radius 3 is 2.52 bits per heavy atom. The number of likely N-dealkylation sites (N-methyl/N-ethyl adjacent to an activating group) is 1. The summed E-state index contributed by atoms with van der Waals surface area (Å²) in [4.78, 5) is 13.8. The van der Waals surface area contributed by atoms with Gasteiger partial charge in [-0.1, -0.05) is 12.1 Å². The Morgan fingerprint density at radius 1 is 1.38 bits per heavy atom. The predicted molar refractivity (Wildman–Crippen MR) is 101 cm³/mol. The lowest BCUT2D eigenvalue weighted by molar-refractivity contribution is -0.137. The SMILES string of the molecule is CC(C)NC(=O)O[C@@H]1CC[C@]2(CO2)C(N(C)Cc2ccc(C(F)(F)F)cc2)=C1N. The number of nitrogens with two attached hydrogens (primary N) is 1. The van der Waals surface area contributed by atoms with Crippen molar-refractivity contribution in [3.63, 3.8) is 0 Å². The summed E-state index contributed by atoms with van der Waals surface area (Å²) in [6.45, 7) is 4.53. The van der Waals surface area contributed by atoms with E-state index in [2.05, 4.69) is 5.32 Å². The van der Waals surface area contributed by atoms with E-state index in [1.54, 1.807) is 7.05 Å². The molecular weight excluding hydrogens is 387 g/mol. The number of rotatable bonds is 5. The molecule has 1 aliphatic carbocycles. The van der Waals surface area contributed by atoms with Crippen LogP contribution in [0.25, 0.3) is 0 Å². The van der Waals surface area contributed by atoms with E-state index in [1.807, 2.05) is 18.7 Å². The number of carbonyl (C=O) groups is 1. The monoisotopic (exact) mass is 413 g/mol. The average molecular weight is 413 g/mol. The molecule has 9 heteroatoms. The van der Waals surface area contributed by atoms with E-state index in [1.165, 1.54) is 12.1 Å². The van der Waals surface area contributed by atoms with Gasteiger partial charge in [0.1, 0.15) is 11.7 Å². The summed E-state index contributed by atoms with van der Waals surface area (Å²) in [5, 5.41) is 2.67. The molecule has 2 aliphatic rings. The molecule has 6 nitrogen and oxygen atoms in total. The van der Waals surface area contributed by atoms with Crippen LogP contribution < -0.4 is 11.1 Å². The van der Waals surface area contributed by atoms with E-state index < -0.39 is 29.5 Å². The van der Waals surface area contributed by atoms with Gasteiger partial charge in [0.05, 0.1) is 23.6 Å². The number of carbonyl (C=O) groups excluding carboxylic acids is 1. The lowest BCUT2D eigenvalue weighted by Gasteiger charge is -2.35. The zero-order valence-electron chi connectivity index (χ0n) is 16.7. The van der Waals surface area contributed by atoms with Crippen molar-refractivity contribution in [2.24, 2.45) is 5.73 Å². The van der Waals surface area contributed by atoms with Crippen LogP contribution in [-0.4, -0.2) is 42.4 Å². The first-order valence-electron chi connectivity index (χ1n) is 9.50. The van der Waals surface area contributed by atoms with Gasteiger partial charge in [-0.25, -0.2) is 4.79 Å². The highest BCUT2D eigenvalue weighted by Gasteiger charge is 2.54. The van der Waals surface area contributed by atoms with Crippen molar-refractivity contribution >= 4 is 6.09 Å². The maximum Gasteiger partial charge on any atom is 0.416 e. The molecule has 0 saturated carbocycles. The van der Waals surface area contributed by atoms with Gasteiger partial charge in [0.2, 0.25) is 0 Å². The Kier molecular flexibility index (Phi) is 5.71. The van der Waals surface area contributed by atoms with Gasteiger partial charge in [-0.15, -0.1) is 0 Å². The summed E-state index contributed by atoms with van der Waals surface area (Å²) in [6, 6.07) is 4.96. The normalized spacial score (nSPS) is 24.0. The number of halogens is 3. The summed E-state index contributed by atoms with van der Waals surface area (Å²) >= 11 is 0. The second-order valence-corrected chi connectivity index (χ2v) is 7.87. The zero-order chi connectivity index (χ0) is 21.4. The third kappa shape index (κ3) is 4.77. The number of benzene rings is 1. The van der Waals surface area contributed by atoms with Gasteiger partial charge in [-0.05, 0) is 44.4 Å². The fourth-order valence-electron chi connectivity index (χ4n) is 3.66. The van der Waals surface area contributed by atoms with Crippen LogP contribution in [0.2, 0.25) is 0 Å². The zero-order valence-corrected chi connectivity index (χ0v) is 16.7. The number of hydrogen-bond acceptors (Lipinski definition) is 5. The predicted octanol–water partition coefficient (Wildman–Crippen LogP) is 3.37. The molecule has 1 aliphatic heterocycles. The number of ether oxygens (including phenoxy) is 2. The average Bonchev–Trinajstić information content (AvgIpc) is 3.37. The summed E-state index contributed by atoms with van der Waals surface area (Å²) in [6.07, 6.45) is -4.28. The van der Waals surface area contributed by atoms with Crippen LogP contribution in [0.3, 0.4) is 0 Å². The van der Waals surface area contributed by atoms with E-state index in [9.17, 15) is 18.0 Å². The summed E-state index contributed by atoms with van der Waals surface area (Å²) < 4.78 is 49.4. The highest BCUT2D eigenvalue weighted by Crippen LogP contribution is 2.46. The Labute approximate surface area is 167 Å². The minimum absolute atomic E-state index is 0.0591. The van der Waals surface area contributed by atoms with Crippen molar-refractivity contribution in [3.05, 3.63) is 46.8 Å². The van der Waals surface area contributed by atoms with Gasteiger partial charge in [0.25, 0.3) is 0 Å². The molecule has 1 spiro atoms. The quantitative estimate of drug-likeness (QED) is 0.724. The molecule has 1 aromatic carbocycles. The van der Waals surface area contributed by atoms with Gasteiger partial charge in [-0.3, -0.25) is 0 Å². The molecule has 2 atom stereocenters. The minimum atomic E-state index is -4.37. The van der Waals surface area contributed by atoms with Crippen LogP contribution in [0.1, 0.15) is 37.8 Å². The van der Waals surface area contributed by atoms with Crippen molar-refractivity contribution in [2.75, 3.05) is 13.7 Å². The van der Waals surface area contributed by atoms with Gasteiger partial charge >= 0.3 is 12.3 Å². The molecule has 0 unspecified atom stereocenters. The lowest BCUT2D eigenvalue weighted by atomic mass is 9.87. The van der Waals surface area contributed by atoms with E-state index in [0.717, 1.165) is 17.8 Å². The van der Waals surface area contributed by atoms with Gasteiger partial charge < -0.3 is 25.4 Å². The molecule has 160 valence electrons. The number of alkyl halides is 3. The third-order valence-electron chi connectivity index (χ3n) is 5.09.